The van der Waals surface area contributed by atoms with Crippen LogP contribution < -0.4 is 0 Å². The average Bonchev–Trinajstić information content (AvgIpc) is 2.27. The fraction of sp³-hybridized carbons (Fsp3) is 0.500. The maximum atomic E-state index is 12.0. The summed E-state index contributed by atoms with van der Waals surface area (Å²) in [4.78, 5) is 0. The molecule has 0 fully saturated rings. The van der Waals surface area contributed by atoms with Crippen molar-refractivity contribution in [2.75, 3.05) is 7.05 Å². The first-order chi connectivity index (χ1) is 7.78. The molecule has 17 heavy (non-hydrogen) atoms. The second-order valence-electron chi connectivity index (χ2n) is 4.31. The molecule has 5 heteroatoms. The fourth-order valence-electron chi connectivity index (χ4n) is 1.56. The topological polar surface area (TPSA) is 37.4 Å². The van der Waals surface area contributed by atoms with Crippen LogP contribution in [0.15, 0.2) is 24.3 Å². The second-order valence-corrected chi connectivity index (χ2v) is 7.26. The second kappa shape index (κ2) is 5.38. The van der Waals surface area contributed by atoms with Crippen molar-refractivity contribution in [1.29, 1.82) is 0 Å². The standard InChI is InChI=1S/C12H18ClNO2S/c1-9(2)17(15,16)14(4)10(3)11-7-5-6-8-12(11)13/h5-10H,1-4H3. The Bertz CT molecular complexity index is 485. The third kappa shape index (κ3) is 3.00. The van der Waals surface area contributed by atoms with Gasteiger partial charge >= 0.3 is 0 Å². The van der Waals surface area contributed by atoms with Gasteiger partial charge in [0.1, 0.15) is 0 Å². The Balaban J connectivity index is 3.07. The minimum absolute atomic E-state index is 0.268. The van der Waals surface area contributed by atoms with E-state index in [-0.39, 0.29) is 6.04 Å². The summed E-state index contributed by atoms with van der Waals surface area (Å²) < 4.78 is 25.5. The zero-order valence-electron chi connectivity index (χ0n) is 10.5. The maximum absolute atomic E-state index is 12.0. The van der Waals surface area contributed by atoms with Crippen molar-refractivity contribution in [3.05, 3.63) is 34.9 Å². The number of hydrogen-bond acceptors (Lipinski definition) is 2. The normalized spacial score (nSPS) is 14.3. The van der Waals surface area contributed by atoms with Crippen LogP contribution in [0.25, 0.3) is 0 Å². The zero-order chi connectivity index (χ0) is 13.2. The van der Waals surface area contributed by atoms with Crippen molar-refractivity contribution in [2.45, 2.75) is 32.1 Å². The summed E-state index contributed by atoms with van der Waals surface area (Å²) in [5, 5.41) is 0.156. The van der Waals surface area contributed by atoms with Gasteiger partial charge in [0.05, 0.1) is 5.25 Å². The molecule has 0 aromatic heterocycles. The van der Waals surface area contributed by atoms with Crippen molar-refractivity contribution in [3.63, 3.8) is 0 Å². The van der Waals surface area contributed by atoms with E-state index >= 15 is 0 Å². The lowest BCUT2D eigenvalue weighted by Crippen LogP contribution is -2.35. The summed E-state index contributed by atoms with van der Waals surface area (Å²) in [6, 6.07) is 7.03. The van der Waals surface area contributed by atoms with Gasteiger partial charge in [-0.25, -0.2) is 8.42 Å². The van der Waals surface area contributed by atoms with Crippen LogP contribution in [-0.4, -0.2) is 25.0 Å². The molecular formula is C12H18ClNO2S. The number of nitrogens with zero attached hydrogens (tertiary/aromatic N) is 1. The van der Waals surface area contributed by atoms with Gasteiger partial charge in [0.2, 0.25) is 10.0 Å². The van der Waals surface area contributed by atoms with E-state index in [1.165, 1.54) is 4.31 Å². The van der Waals surface area contributed by atoms with Crippen LogP contribution >= 0.6 is 11.6 Å². The molecule has 1 aromatic rings. The quantitative estimate of drug-likeness (QED) is 0.847. The van der Waals surface area contributed by atoms with Crippen molar-refractivity contribution in [3.8, 4) is 0 Å². The molecule has 0 N–H and O–H groups in total. The van der Waals surface area contributed by atoms with Gasteiger partial charge in [-0.15, -0.1) is 0 Å². The lowest BCUT2D eigenvalue weighted by molar-refractivity contribution is 0.394. The third-order valence-electron chi connectivity index (χ3n) is 2.90. The van der Waals surface area contributed by atoms with Crippen LogP contribution in [0.3, 0.4) is 0 Å². The molecule has 1 atom stereocenters. The summed E-state index contributed by atoms with van der Waals surface area (Å²) >= 11 is 6.07. The van der Waals surface area contributed by atoms with Gasteiger partial charge in [0.15, 0.2) is 0 Å². The predicted molar refractivity (Wildman–Crippen MR) is 71.7 cm³/mol. The van der Waals surface area contributed by atoms with Gasteiger partial charge in [-0.2, -0.15) is 4.31 Å². The number of halogens is 1. The molecule has 0 radical (unpaired) electrons. The first-order valence-electron chi connectivity index (χ1n) is 5.49. The molecule has 3 nitrogen and oxygen atoms in total. The monoisotopic (exact) mass is 275 g/mol. The molecule has 0 heterocycles. The average molecular weight is 276 g/mol. The molecule has 96 valence electrons. The summed E-state index contributed by atoms with van der Waals surface area (Å²) in [7, 11) is -1.68. The molecule has 1 rings (SSSR count). The lowest BCUT2D eigenvalue weighted by Gasteiger charge is -2.27. The highest BCUT2D eigenvalue weighted by Crippen LogP contribution is 2.28. The minimum atomic E-state index is -3.27. The Morgan fingerprint density at radius 2 is 1.71 bits per heavy atom. The third-order valence-corrected chi connectivity index (χ3v) is 5.55. The first kappa shape index (κ1) is 14.5. The van der Waals surface area contributed by atoms with Crippen LogP contribution in [0.5, 0.6) is 0 Å². The number of hydrogen-bond donors (Lipinski definition) is 0. The summed E-state index contributed by atoms with van der Waals surface area (Å²) in [5.74, 6) is 0. The van der Waals surface area contributed by atoms with E-state index in [9.17, 15) is 8.42 Å². The molecular weight excluding hydrogens is 258 g/mol. The summed E-state index contributed by atoms with van der Waals surface area (Å²) in [5.41, 5.74) is 0.820. The van der Waals surface area contributed by atoms with Crippen molar-refractivity contribution < 1.29 is 8.42 Å². The van der Waals surface area contributed by atoms with E-state index < -0.39 is 15.3 Å². The molecule has 0 spiro atoms. The van der Waals surface area contributed by atoms with Gasteiger partial charge < -0.3 is 0 Å². The SMILES string of the molecule is CC(c1ccccc1Cl)N(C)S(=O)(=O)C(C)C. The highest BCUT2D eigenvalue weighted by atomic mass is 35.5. The van der Waals surface area contributed by atoms with Gasteiger partial charge in [-0.3, -0.25) is 0 Å². The Kier molecular flexibility index (Phi) is 4.58. The van der Waals surface area contributed by atoms with Crippen LogP contribution in [0.4, 0.5) is 0 Å². The molecule has 0 aliphatic carbocycles. The number of sulfonamides is 1. The van der Waals surface area contributed by atoms with Crippen molar-refractivity contribution in [1.82, 2.24) is 4.31 Å². The highest BCUT2D eigenvalue weighted by molar-refractivity contribution is 7.89. The smallest absolute Gasteiger partial charge is 0.212 e. The summed E-state index contributed by atoms with van der Waals surface area (Å²) in [6.07, 6.45) is 0. The van der Waals surface area contributed by atoms with E-state index in [1.807, 2.05) is 25.1 Å². The molecule has 0 bridgehead atoms. The van der Waals surface area contributed by atoms with E-state index in [4.69, 9.17) is 11.6 Å². The molecule has 1 unspecified atom stereocenters. The number of benzene rings is 1. The van der Waals surface area contributed by atoms with E-state index in [0.29, 0.717) is 5.02 Å². The van der Waals surface area contributed by atoms with Crippen LogP contribution in [0.1, 0.15) is 32.4 Å². The lowest BCUT2D eigenvalue weighted by atomic mass is 10.1. The van der Waals surface area contributed by atoms with Crippen LogP contribution in [0.2, 0.25) is 5.02 Å². The molecule has 0 amide bonds. The Labute approximate surface area is 108 Å². The van der Waals surface area contributed by atoms with Crippen molar-refractivity contribution >= 4 is 21.6 Å². The van der Waals surface area contributed by atoms with Crippen molar-refractivity contribution in [2.24, 2.45) is 0 Å². The Hall–Kier alpha value is -0.580. The predicted octanol–water partition coefficient (Wildman–Crippen LogP) is 3.07. The Morgan fingerprint density at radius 3 is 2.18 bits per heavy atom. The van der Waals surface area contributed by atoms with Crippen LogP contribution in [0, 0.1) is 0 Å². The highest BCUT2D eigenvalue weighted by Gasteiger charge is 2.28. The van der Waals surface area contributed by atoms with Gasteiger partial charge in [0.25, 0.3) is 0 Å². The van der Waals surface area contributed by atoms with E-state index in [2.05, 4.69) is 0 Å². The number of rotatable bonds is 4. The van der Waals surface area contributed by atoms with Gasteiger partial charge in [-0.1, -0.05) is 29.8 Å². The molecule has 0 aliphatic heterocycles. The summed E-state index contributed by atoms with van der Waals surface area (Å²) in [6.45, 7) is 5.18. The van der Waals surface area contributed by atoms with Gasteiger partial charge in [0, 0.05) is 18.1 Å². The maximum Gasteiger partial charge on any atom is 0.216 e. The Morgan fingerprint density at radius 1 is 1.18 bits per heavy atom. The fourth-order valence-corrected chi connectivity index (χ4v) is 3.08. The molecule has 1 aromatic carbocycles. The van der Waals surface area contributed by atoms with Gasteiger partial charge in [-0.05, 0) is 32.4 Å². The van der Waals surface area contributed by atoms with E-state index in [0.717, 1.165) is 5.56 Å². The largest absolute Gasteiger partial charge is 0.216 e. The molecule has 0 saturated heterocycles. The van der Waals surface area contributed by atoms with E-state index in [1.54, 1.807) is 27.0 Å². The molecule has 0 aliphatic rings. The first-order valence-corrected chi connectivity index (χ1v) is 7.38. The van der Waals surface area contributed by atoms with Crippen LogP contribution in [-0.2, 0) is 10.0 Å². The zero-order valence-corrected chi connectivity index (χ0v) is 12.1. The minimum Gasteiger partial charge on any atom is -0.212 e. The molecule has 0 saturated carbocycles.